The molecule has 0 saturated carbocycles. The molecule has 2 atom stereocenters. The number of carbonyl (C=O) groups excluding carboxylic acids is 1. The number of amides is 1. The van der Waals surface area contributed by atoms with Gasteiger partial charge in [0, 0.05) is 18.1 Å². The van der Waals surface area contributed by atoms with E-state index in [1.807, 2.05) is 38.2 Å². The maximum absolute atomic E-state index is 12.2. The molecule has 1 fully saturated rings. The van der Waals surface area contributed by atoms with Crippen LogP contribution in [0.4, 0.5) is 0 Å². The van der Waals surface area contributed by atoms with Gasteiger partial charge in [-0.05, 0) is 37.5 Å². The highest BCUT2D eigenvalue weighted by Gasteiger charge is 2.30. The van der Waals surface area contributed by atoms with Crippen LogP contribution >= 0.6 is 15.9 Å². The summed E-state index contributed by atoms with van der Waals surface area (Å²) in [4.78, 5) is 13.9. The zero-order chi connectivity index (χ0) is 13.1. The lowest BCUT2D eigenvalue weighted by Gasteiger charge is -2.21. The van der Waals surface area contributed by atoms with E-state index >= 15 is 0 Å². The second-order valence-corrected chi connectivity index (χ2v) is 5.75. The standard InChI is InChI=1S/C14H18BrNO2/c1-10-6-7-13(18-10)14(17)16(2)9-11-4-3-5-12(15)8-11/h3-5,8,10,13H,6-7,9H2,1-2H3. The Hall–Kier alpha value is -0.870. The van der Waals surface area contributed by atoms with Gasteiger partial charge in [0.05, 0.1) is 6.10 Å². The summed E-state index contributed by atoms with van der Waals surface area (Å²) in [7, 11) is 1.83. The predicted molar refractivity (Wildman–Crippen MR) is 74.2 cm³/mol. The lowest BCUT2D eigenvalue weighted by molar-refractivity contribution is -0.141. The van der Waals surface area contributed by atoms with Crippen molar-refractivity contribution in [2.45, 2.75) is 38.5 Å². The van der Waals surface area contributed by atoms with Crippen LogP contribution < -0.4 is 0 Å². The third-order valence-electron chi connectivity index (χ3n) is 3.19. The molecule has 0 radical (unpaired) electrons. The Morgan fingerprint density at radius 1 is 1.50 bits per heavy atom. The van der Waals surface area contributed by atoms with Crippen molar-refractivity contribution in [2.24, 2.45) is 0 Å². The molecule has 1 aliphatic rings. The van der Waals surface area contributed by atoms with E-state index in [1.165, 1.54) is 0 Å². The quantitative estimate of drug-likeness (QED) is 0.859. The van der Waals surface area contributed by atoms with E-state index in [2.05, 4.69) is 15.9 Å². The predicted octanol–water partition coefficient (Wildman–Crippen LogP) is 2.98. The molecule has 98 valence electrons. The van der Waals surface area contributed by atoms with Crippen LogP contribution in [0.1, 0.15) is 25.3 Å². The summed E-state index contributed by atoms with van der Waals surface area (Å²) in [5, 5.41) is 0. The number of hydrogen-bond acceptors (Lipinski definition) is 2. The molecule has 3 nitrogen and oxygen atoms in total. The highest BCUT2D eigenvalue weighted by atomic mass is 79.9. The number of likely N-dealkylation sites (N-methyl/N-ethyl adjacent to an activating group) is 1. The fraction of sp³-hybridized carbons (Fsp3) is 0.500. The van der Waals surface area contributed by atoms with Gasteiger partial charge in [0.2, 0.25) is 0 Å². The third kappa shape index (κ3) is 3.33. The molecule has 1 saturated heterocycles. The Balaban J connectivity index is 1.95. The van der Waals surface area contributed by atoms with Gasteiger partial charge >= 0.3 is 0 Å². The minimum absolute atomic E-state index is 0.0827. The summed E-state index contributed by atoms with van der Waals surface area (Å²) in [5.74, 6) is 0.0827. The van der Waals surface area contributed by atoms with Gasteiger partial charge in [-0.1, -0.05) is 28.1 Å². The van der Waals surface area contributed by atoms with Crippen molar-refractivity contribution >= 4 is 21.8 Å². The van der Waals surface area contributed by atoms with Crippen LogP contribution in [0.15, 0.2) is 28.7 Å². The molecule has 2 unspecified atom stereocenters. The molecule has 0 aliphatic carbocycles. The summed E-state index contributed by atoms with van der Waals surface area (Å²) in [6, 6.07) is 8.01. The smallest absolute Gasteiger partial charge is 0.251 e. The van der Waals surface area contributed by atoms with Gasteiger partial charge in [-0.25, -0.2) is 0 Å². The van der Waals surface area contributed by atoms with Crippen LogP contribution in [0.2, 0.25) is 0 Å². The molecule has 1 aliphatic heterocycles. The van der Waals surface area contributed by atoms with Crippen molar-refractivity contribution in [1.82, 2.24) is 4.90 Å². The molecule has 0 N–H and O–H groups in total. The summed E-state index contributed by atoms with van der Waals surface area (Å²) in [6.45, 7) is 2.63. The normalized spacial score (nSPS) is 23.1. The Labute approximate surface area is 116 Å². The minimum Gasteiger partial charge on any atom is -0.365 e. The average Bonchev–Trinajstić information content (AvgIpc) is 2.75. The number of benzene rings is 1. The summed E-state index contributed by atoms with van der Waals surface area (Å²) >= 11 is 3.44. The Morgan fingerprint density at radius 2 is 2.28 bits per heavy atom. The number of halogens is 1. The van der Waals surface area contributed by atoms with Crippen LogP contribution in [0.25, 0.3) is 0 Å². The Bertz CT molecular complexity index is 436. The van der Waals surface area contributed by atoms with Gasteiger partial charge in [-0.2, -0.15) is 0 Å². The number of carbonyl (C=O) groups is 1. The second-order valence-electron chi connectivity index (χ2n) is 4.84. The monoisotopic (exact) mass is 311 g/mol. The molecule has 2 rings (SSSR count). The second kappa shape index (κ2) is 5.85. The Kier molecular flexibility index (Phi) is 4.40. The SMILES string of the molecule is CC1CCC(C(=O)N(C)Cc2cccc(Br)c2)O1. The average molecular weight is 312 g/mol. The van der Waals surface area contributed by atoms with E-state index in [0.717, 1.165) is 22.9 Å². The van der Waals surface area contributed by atoms with E-state index in [9.17, 15) is 4.79 Å². The molecular weight excluding hydrogens is 294 g/mol. The highest BCUT2D eigenvalue weighted by Crippen LogP contribution is 2.21. The molecule has 1 amide bonds. The molecule has 1 aromatic rings. The molecule has 4 heteroatoms. The lowest BCUT2D eigenvalue weighted by Crippen LogP contribution is -2.35. The first-order valence-corrected chi connectivity index (χ1v) is 7.00. The minimum atomic E-state index is -0.253. The fourth-order valence-corrected chi connectivity index (χ4v) is 2.66. The first kappa shape index (κ1) is 13.6. The largest absolute Gasteiger partial charge is 0.365 e. The molecule has 1 aromatic carbocycles. The molecule has 0 spiro atoms. The Morgan fingerprint density at radius 3 is 2.89 bits per heavy atom. The number of rotatable bonds is 3. The maximum Gasteiger partial charge on any atom is 0.251 e. The van der Waals surface area contributed by atoms with E-state index in [4.69, 9.17) is 4.74 Å². The molecule has 0 bridgehead atoms. The number of ether oxygens (including phenoxy) is 1. The van der Waals surface area contributed by atoms with Crippen molar-refractivity contribution in [2.75, 3.05) is 7.05 Å². The van der Waals surface area contributed by atoms with Gasteiger partial charge < -0.3 is 9.64 Å². The molecule has 1 heterocycles. The lowest BCUT2D eigenvalue weighted by atomic mass is 10.1. The van der Waals surface area contributed by atoms with Crippen molar-refractivity contribution in [1.29, 1.82) is 0 Å². The van der Waals surface area contributed by atoms with Gasteiger partial charge in [0.15, 0.2) is 0 Å². The van der Waals surface area contributed by atoms with Gasteiger partial charge in [-0.3, -0.25) is 4.79 Å². The van der Waals surface area contributed by atoms with E-state index in [1.54, 1.807) is 4.90 Å². The zero-order valence-corrected chi connectivity index (χ0v) is 12.3. The van der Waals surface area contributed by atoms with Crippen LogP contribution in [0.5, 0.6) is 0 Å². The van der Waals surface area contributed by atoms with Crippen LogP contribution in [0, 0.1) is 0 Å². The first-order chi connectivity index (χ1) is 8.56. The van der Waals surface area contributed by atoms with Gasteiger partial charge in [-0.15, -0.1) is 0 Å². The van der Waals surface area contributed by atoms with E-state index in [0.29, 0.717) is 6.54 Å². The van der Waals surface area contributed by atoms with Crippen LogP contribution in [-0.4, -0.2) is 30.1 Å². The first-order valence-electron chi connectivity index (χ1n) is 6.21. The fourth-order valence-electron chi connectivity index (χ4n) is 2.22. The van der Waals surface area contributed by atoms with Gasteiger partial charge in [0.1, 0.15) is 6.10 Å². The topological polar surface area (TPSA) is 29.5 Å². The summed E-state index contributed by atoms with van der Waals surface area (Å²) < 4.78 is 6.64. The van der Waals surface area contributed by atoms with E-state index < -0.39 is 0 Å². The number of nitrogens with zero attached hydrogens (tertiary/aromatic N) is 1. The third-order valence-corrected chi connectivity index (χ3v) is 3.69. The maximum atomic E-state index is 12.2. The summed E-state index contributed by atoms with van der Waals surface area (Å²) in [6.07, 6.45) is 1.76. The zero-order valence-electron chi connectivity index (χ0n) is 10.7. The van der Waals surface area contributed by atoms with Crippen LogP contribution in [0.3, 0.4) is 0 Å². The molecular formula is C14H18BrNO2. The van der Waals surface area contributed by atoms with Crippen LogP contribution in [-0.2, 0) is 16.1 Å². The van der Waals surface area contributed by atoms with Gasteiger partial charge in [0.25, 0.3) is 5.91 Å². The summed E-state index contributed by atoms with van der Waals surface area (Å²) in [5.41, 5.74) is 1.12. The van der Waals surface area contributed by atoms with Crippen molar-refractivity contribution in [3.8, 4) is 0 Å². The highest BCUT2D eigenvalue weighted by molar-refractivity contribution is 9.10. The van der Waals surface area contributed by atoms with E-state index in [-0.39, 0.29) is 18.1 Å². The molecule has 18 heavy (non-hydrogen) atoms. The van der Waals surface area contributed by atoms with Crippen molar-refractivity contribution in [3.63, 3.8) is 0 Å². The van der Waals surface area contributed by atoms with Crippen molar-refractivity contribution < 1.29 is 9.53 Å². The van der Waals surface area contributed by atoms with Crippen molar-refractivity contribution in [3.05, 3.63) is 34.3 Å². The molecule has 0 aromatic heterocycles. The number of hydrogen-bond donors (Lipinski definition) is 0.